The molecule has 150 valence electrons. The molecule has 0 atom stereocenters. The number of aromatic nitrogens is 5. The quantitative estimate of drug-likeness (QED) is 0.409. The van der Waals surface area contributed by atoms with E-state index in [1.807, 2.05) is 48.5 Å². The first-order valence-electron chi connectivity index (χ1n) is 9.41. The van der Waals surface area contributed by atoms with Gasteiger partial charge in [-0.3, -0.25) is 9.36 Å². The number of aromatic amines is 2. The number of nitrogens with zero attached hydrogens (tertiary/aromatic N) is 3. The second kappa shape index (κ2) is 7.68. The third-order valence-corrected chi connectivity index (χ3v) is 5.80. The molecule has 0 aliphatic heterocycles. The van der Waals surface area contributed by atoms with E-state index in [0.29, 0.717) is 34.4 Å². The number of hydrogen-bond donors (Lipinski definition) is 2. The molecule has 0 unspecified atom stereocenters. The molecule has 9 heteroatoms. The van der Waals surface area contributed by atoms with E-state index in [2.05, 4.69) is 20.2 Å². The number of H-pyrrole nitrogens is 2. The van der Waals surface area contributed by atoms with E-state index in [1.165, 1.54) is 11.8 Å². The van der Waals surface area contributed by atoms with E-state index in [1.54, 1.807) is 10.6 Å². The van der Waals surface area contributed by atoms with Crippen molar-refractivity contribution in [3.8, 4) is 0 Å². The molecule has 3 aromatic heterocycles. The first-order chi connectivity index (χ1) is 14.7. The van der Waals surface area contributed by atoms with Gasteiger partial charge in [-0.2, -0.15) is 0 Å². The average Bonchev–Trinajstić information content (AvgIpc) is 3.32. The van der Waals surface area contributed by atoms with Crippen LogP contribution in [0.3, 0.4) is 0 Å². The number of benzene rings is 2. The van der Waals surface area contributed by atoms with Crippen molar-refractivity contribution >= 4 is 33.8 Å². The number of fused-ring (bicyclic) bond motifs is 3. The summed E-state index contributed by atoms with van der Waals surface area (Å²) in [6.45, 7) is 0.511. The molecule has 3 heterocycles. The maximum absolute atomic E-state index is 12.4. The van der Waals surface area contributed by atoms with Gasteiger partial charge in [-0.05, 0) is 24.1 Å². The van der Waals surface area contributed by atoms with Crippen molar-refractivity contribution in [1.82, 2.24) is 24.7 Å². The van der Waals surface area contributed by atoms with Gasteiger partial charge in [0, 0.05) is 11.9 Å². The molecule has 8 nitrogen and oxygen atoms in total. The number of nitrogens with one attached hydrogen (secondary N) is 2. The summed E-state index contributed by atoms with van der Waals surface area (Å²) < 4.78 is 7.22. The predicted molar refractivity (Wildman–Crippen MR) is 115 cm³/mol. The number of aryl methyl sites for hydroxylation is 1. The standard InChI is InChI=1S/C21H17N5O3S/c27-19-18-17(14-8-4-5-9-15(14)29-18)22-16(23-19)12-30-21-25-24-20(28)26(21)11-10-13-6-2-1-3-7-13/h1-9H,10-12H2,(H,24,28)(H,22,23,27). The fourth-order valence-electron chi connectivity index (χ4n) is 3.34. The van der Waals surface area contributed by atoms with Gasteiger partial charge in [0.25, 0.3) is 5.56 Å². The molecular formula is C21H17N5O3S. The Morgan fingerprint density at radius 1 is 1.03 bits per heavy atom. The topological polar surface area (TPSA) is 110 Å². The zero-order chi connectivity index (χ0) is 20.5. The summed E-state index contributed by atoms with van der Waals surface area (Å²) in [6, 6.07) is 17.4. The van der Waals surface area contributed by atoms with Crippen LogP contribution >= 0.6 is 11.8 Å². The van der Waals surface area contributed by atoms with E-state index in [0.717, 1.165) is 17.4 Å². The fraction of sp³-hybridized carbons (Fsp3) is 0.143. The van der Waals surface area contributed by atoms with Gasteiger partial charge < -0.3 is 9.40 Å². The first-order valence-corrected chi connectivity index (χ1v) is 10.4. The maximum atomic E-state index is 12.4. The van der Waals surface area contributed by atoms with Crippen molar-refractivity contribution in [2.24, 2.45) is 0 Å². The van der Waals surface area contributed by atoms with Crippen molar-refractivity contribution in [2.75, 3.05) is 0 Å². The van der Waals surface area contributed by atoms with E-state index >= 15 is 0 Å². The number of furan rings is 1. The Balaban J connectivity index is 1.39. The van der Waals surface area contributed by atoms with Crippen molar-refractivity contribution in [3.05, 3.63) is 86.8 Å². The van der Waals surface area contributed by atoms with Crippen LogP contribution in [0.1, 0.15) is 11.4 Å². The highest BCUT2D eigenvalue weighted by Crippen LogP contribution is 2.25. The van der Waals surface area contributed by atoms with Crippen LogP contribution in [0.15, 0.2) is 73.8 Å². The Bertz CT molecular complexity index is 1450. The van der Waals surface area contributed by atoms with Crippen LogP contribution in [0.25, 0.3) is 22.1 Å². The minimum atomic E-state index is -0.324. The van der Waals surface area contributed by atoms with E-state index in [4.69, 9.17) is 4.42 Å². The summed E-state index contributed by atoms with van der Waals surface area (Å²) in [6.07, 6.45) is 0.718. The Hall–Kier alpha value is -3.59. The Labute approximate surface area is 174 Å². The van der Waals surface area contributed by atoms with Crippen molar-refractivity contribution in [3.63, 3.8) is 0 Å². The molecule has 5 rings (SSSR count). The highest BCUT2D eigenvalue weighted by molar-refractivity contribution is 7.98. The van der Waals surface area contributed by atoms with Gasteiger partial charge in [0.1, 0.15) is 16.9 Å². The van der Waals surface area contributed by atoms with E-state index in [-0.39, 0.29) is 16.8 Å². The summed E-state index contributed by atoms with van der Waals surface area (Å²) in [5, 5.41) is 7.97. The first kappa shape index (κ1) is 18.4. The lowest BCUT2D eigenvalue weighted by Gasteiger charge is -2.05. The van der Waals surface area contributed by atoms with Gasteiger partial charge in [-0.15, -0.1) is 5.10 Å². The SMILES string of the molecule is O=c1[nH]c(CSc2n[nH]c(=O)n2CCc2ccccc2)nc2c1oc1ccccc12. The lowest BCUT2D eigenvalue weighted by Crippen LogP contribution is -2.19. The summed E-state index contributed by atoms with van der Waals surface area (Å²) in [5.74, 6) is 0.856. The van der Waals surface area contributed by atoms with Gasteiger partial charge >= 0.3 is 5.69 Å². The van der Waals surface area contributed by atoms with Crippen LogP contribution in [-0.2, 0) is 18.7 Å². The molecule has 2 aromatic carbocycles. The molecule has 0 bridgehead atoms. The lowest BCUT2D eigenvalue weighted by molar-refractivity contribution is 0.615. The third kappa shape index (κ3) is 3.43. The summed E-state index contributed by atoms with van der Waals surface area (Å²) in [4.78, 5) is 31.9. The number of hydrogen-bond acceptors (Lipinski definition) is 6. The van der Waals surface area contributed by atoms with Crippen molar-refractivity contribution < 1.29 is 4.42 Å². The van der Waals surface area contributed by atoms with Crippen molar-refractivity contribution in [1.29, 1.82) is 0 Å². The number of thioether (sulfide) groups is 1. The summed E-state index contributed by atoms with van der Waals surface area (Å²) in [7, 11) is 0. The third-order valence-electron chi connectivity index (χ3n) is 4.81. The Kier molecular flexibility index (Phi) is 4.72. The Morgan fingerprint density at radius 2 is 1.83 bits per heavy atom. The zero-order valence-electron chi connectivity index (χ0n) is 15.8. The largest absolute Gasteiger partial charge is 0.449 e. The lowest BCUT2D eigenvalue weighted by atomic mass is 10.1. The van der Waals surface area contributed by atoms with Crippen molar-refractivity contribution in [2.45, 2.75) is 23.9 Å². The molecule has 0 amide bonds. The van der Waals surface area contributed by atoms with Gasteiger partial charge in [0.2, 0.25) is 5.58 Å². The number of rotatable bonds is 6. The summed E-state index contributed by atoms with van der Waals surface area (Å²) in [5.41, 5.74) is 1.93. The van der Waals surface area contributed by atoms with E-state index < -0.39 is 0 Å². The number of para-hydroxylation sites is 1. The monoisotopic (exact) mass is 419 g/mol. The minimum Gasteiger partial charge on any atom is -0.449 e. The van der Waals surface area contributed by atoms with Crippen LogP contribution in [0.2, 0.25) is 0 Å². The molecule has 0 aliphatic carbocycles. The molecule has 2 N–H and O–H groups in total. The smallest absolute Gasteiger partial charge is 0.343 e. The highest BCUT2D eigenvalue weighted by Gasteiger charge is 2.15. The fourth-order valence-corrected chi connectivity index (χ4v) is 4.19. The molecule has 0 radical (unpaired) electrons. The van der Waals surface area contributed by atoms with E-state index in [9.17, 15) is 9.59 Å². The zero-order valence-corrected chi connectivity index (χ0v) is 16.6. The molecular weight excluding hydrogens is 402 g/mol. The van der Waals surface area contributed by atoms with Gasteiger partial charge in [0.05, 0.1) is 5.75 Å². The molecule has 0 aliphatic rings. The van der Waals surface area contributed by atoms with Gasteiger partial charge in [-0.25, -0.2) is 14.9 Å². The molecule has 0 saturated heterocycles. The summed E-state index contributed by atoms with van der Waals surface area (Å²) >= 11 is 1.34. The molecule has 0 fully saturated rings. The second-order valence-corrected chi connectivity index (χ2v) is 7.72. The van der Waals surface area contributed by atoms with Gasteiger partial charge in [0.15, 0.2) is 5.16 Å². The normalized spacial score (nSPS) is 11.5. The Morgan fingerprint density at radius 3 is 2.70 bits per heavy atom. The maximum Gasteiger partial charge on any atom is 0.343 e. The molecule has 5 aromatic rings. The molecule has 0 spiro atoms. The second-order valence-electron chi connectivity index (χ2n) is 6.78. The van der Waals surface area contributed by atoms with Crippen LogP contribution in [0.4, 0.5) is 0 Å². The van der Waals surface area contributed by atoms with Crippen LogP contribution in [0, 0.1) is 0 Å². The molecule has 30 heavy (non-hydrogen) atoms. The van der Waals surface area contributed by atoms with Crippen LogP contribution in [-0.4, -0.2) is 24.7 Å². The van der Waals surface area contributed by atoms with Crippen LogP contribution in [0.5, 0.6) is 0 Å². The van der Waals surface area contributed by atoms with Gasteiger partial charge in [-0.1, -0.05) is 54.2 Å². The highest BCUT2D eigenvalue weighted by atomic mass is 32.2. The predicted octanol–water partition coefficient (Wildman–Crippen LogP) is 3.09. The van der Waals surface area contributed by atoms with Crippen LogP contribution < -0.4 is 11.2 Å². The minimum absolute atomic E-state index is 0.212. The average molecular weight is 419 g/mol. The molecule has 0 saturated carbocycles.